The largest absolute Gasteiger partial charge is 0.465 e. The Labute approximate surface area is 133 Å². The molecule has 0 fully saturated rings. The van der Waals surface area contributed by atoms with Gasteiger partial charge in [-0.3, -0.25) is 9.59 Å². The lowest BCUT2D eigenvalue weighted by atomic mass is 10.0. The Hall–Kier alpha value is -2.50. The molecule has 3 rings (SSSR count). The molecular weight excluding hydrogens is 296 g/mol. The van der Waals surface area contributed by atoms with E-state index in [0.29, 0.717) is 28.8 Å². The van der Waals surface area contributed by atoms with E-state index in [-0.39, 0.29) is 25.2 Å². The molecule has 6 heteroatoms. The van der Waals surface area contributed by atoms with Crippen molar-refractivity contribution in [1.82, 2.24) is 9.97 Å². The van der Waals surface area contributed by atoms with E-state index in [0.717, 1.165) is 0 Å². The Kier molecular flexibility index (Phi) is 4.23. The molecule has 0 saturated heterocycles. The van der Waals surface area contributed by atoms with Crippen molar-refractivity contribution in [2.24, 2.45) is 0 Å². The summed E-state index contributed by atoms with van der Waals surface area (Å²) in [7, 11) is 0. The molecule has 0 bridgehead atoms. The van der Waals surface area contributed by atoms with Gasteiger partial charge >= 0.3 is 11.9 Å². The molecule has 1 aliphatic carbocycles. The first-order valence-electron chi connectivity index (χ1n) is 7.75. The SMILES string of the molecule is CCOC(=O)[C@H]1C[C@@H](C(=O)OCC)c2nc3ccccc3nc21. The van der Waals surface area contributed by atoms with Gasteiger partial charge in [-0.2, -0.15) is 0 Å². The quantitative estimate of drug-likeness (QED) is 0.806. The van der Waals surface area contributed by atoms with Crippen molar-refractivity contribution >= 4 is 23.0 Å². The first-order valence-corrected chi connectivity index (χ1v) is 7.75. The maximum Gasteiger partial charge on any atom is 0.315 e. The van der Waals surface area contributed by atoms with Gasteiger partial charge in [0.2, 0.25) is 0 Å². The fraction of sp³-hybridized carbons (Fsp3) is 0.412. The molecule has 120 valence electrons. The van der Waals surface area contributed by atoms with Crippen LogP contribution in [0.2, 0.25) is 0 Å². The standard InChI is InChI=1S/C17H18N2O4/c1-3-22-16(20)10-9-11(17(21)23-4-2)15-14(10)18-12-7-5-6-8-13(12)19-15/h5-8,10-11H,3-4,9H2,1-2H3/t10-,11+. The number of para-hydroxylation sites is 2. The first-order chi connectivity index (χ1) is 11.2. The van der Waals surface area contributed by atoms with Gasteiger partial charge in [0.25, 0.3) is 0 Å². The van der Waals surface area contributed by atoms with Crippen LogP contribution < -0.4 is 0 Å². The monoisotopic (exact) mass is 314 g/mol. The van der Waals surface area contributed by atoms with Gasteiger partial charge in [-0.05, 0) is 32.4 Å². The van der Waals surface area contributed by atoms with Crippen molar-refractivity contribution in [2.75, 3.05) is 13.2 Å². The third kappa shape index (κ3) is 2.76. The second-order valence-corrected chi connectivity index (χ2v) is 5.33. The molecular formula is C17H18N2O4. The van der Waals surface area contributed by atoms with Crippen molar-refractivity contribution in [3.8, 4) is 0 Å². The topological polar surface area (TPSA) is 78.4 Å². The predicted molar refractivity (Wildman–Crippen MR) is 82.9 cm³/mol. The molecule has 23 heavy (non-hydrogen) atoms. The highest BCUT2D eigenvalue weighted by Crippen LogP contribution is 2.41. The molecule has 6 nitrogen and oxygen atoms in total. The maximum atomic E-state index is 12.2. The summed E-state index contributed by atoms with van der Waals surface area (Å²) < 4.78 is 10.2. The number of nitrogens with zero attached hydrogens (tertiary/aromatic N) is 2. The van der Waals surface area contributed by atoms with E-state index in [1.807, 2.05) is 24.3 Å². The minimum Gasteiger partial charge on any atom is -0.465 e. The van der Waals surface area contributed by atoms with Crippen molar-refractivity contribution in [3.05, 3.63) is 35.7 Å². The number of hydrogen-bond donors (Lipinski definition) is 0. The Morgan fingerprint density at radius 1 is 0.957 bits per heavy atom. The number of fused-ring (bicyclic) bond motifs is 2. The van der Waals surface area contributed by atoms with Gasteiger partial charge in [-0.15, -0.1) is 0 Å². The second kappa shape index (κ2) is 6.32. The zero-order valence-electron chi connectivity index (χ0n) is 13.1. The molecule has 0 amide bonds. The van der Waals surface area contributed by atoms with Gasteiger partial charge < -0.3 is 9.47 Å². The number of hydrogen-bond acceptors (Lipinski definition) is 6. The Bertz CT molecular complexity index is 697. The predicted octanol–water partition coefficient (Wildman–Crippen LogP) is 2.33. The van der Waals surface area contributed by atoms with Crippen LogP contribution >= 0.6 is 0 Å². The normalized spacial score (nSPS) is 19.4. The molecule has 0 aliphatic heterocycles. The zero-order chi connectivity index (χ0) is 16.4. The van der Waals surface area contributed by atoms with Gasteiger partial charge in [0.1, 0.15) is 11.8 Å². The van der Waals surface area contributed by atoms with Crippen LogP contribution in [0, 0.1) is 0 Å². The average Bonchev–Trinajstić information content (AvgIpc) is 2.92. The van der Waals surface area contributed by atoms with Gasteiger partial charge in [0.15, 0.2) is 0 Å². The molecule has 1 aromatic heterocycles. The van der Waals surface area contributed by atoms with Crippen molar-refractivity contribution in [3.63, 3.8) is 0 Å². The molecule has 0 radical (unpaired) electrons. The van der Waals surface area contributed by atoms with E-state index >= 15 is 0 Å². The molecule has 0 saturated carbocycles. The molecule has 1 aliphatic rings. The van der Waals surface area contributed by atoms with Crippen LogP contribution in [0.5, 0.6) is 0 Å². The van der Waals surface area contributed by atoms with E-state index in [2.05, 4.69) is 9.97 Å². The fourth-order valence-corrected chi connectivity index (χ4v) is 2.90. The summed E-state index contributed by atoms with van der Waals surface area (Å²) in [5.74, 6) is -1.89. The van der Waals surface area contributed by atoms with E-state index in [9.17, 15) is 9.59 Å². The highest BCUT2D eigenvalue weighted by molar-refractivity contribution is 5.87. The lowest BCUT2D eigenvalue weighted by Gasteiger charge is -2.09. The van der Waals surface area contributed by atoms with Crippen molar-refractivity contribution in [2.45, 2.75) is 32.1 Å². The number of carbonyl (C=O) groups is 2. The summed E-state index contributed by atoms with van der Waals surface area (Å²) in [4.78, 5) is 33.6. The van der Waals surface area contributed by atoms with Crippen molar-refractivity contribution < 1.29 is 19.1 Å². The third-order valence-electron chi connectivity index (χ3n) is 3.90. The van der Waals surface area contributed by atoms with E-state index in [1.54, 1.807) is 13.8 Å². The number of carbonyl (C=O) groups excluding carboxylic acids is 2. The van der Waals surface area contributed by atoms with E-state index in [1.165, 1.54) is 0 Å². The molecule has 0 spiro atoms. The van der Waals surface area contributed by atoms with Crippen LogP contribution in [0.15, 0.2) is 24.3 Å². The van der Waals surface area contributed by atoms with Crippen molar-refractivity contribution in [1.29, 1.82) is 0 Å². The lowest BCUT2D eigenvalue weighted by molar-refractivity contribution is -0.146. The van der Waals surface area contributed by atoms with Gasteiger partial charge in [0, 0.05) is 0 Å². The third-order valence-corrected chi connectivity index (χ3v) is 3.90. The zero-order valence-corrected chi connectivity index (χ0v) is 13.1. The molecule has 1 aromatic carbocycles. The summed E-state index contributed by atoms with van der Waals surface area (Å²) in [5, 5.41) is 0. The smallest absolute Gasteiger partial charge is 0.315 e. The first kappa shape index (κ1) is 15.4. The van der Waals surface area contributed by atoms with Crippen LogP contribution in [-0.2, 0) is 19.1 Å². The number of rotatable bonds is 4. The summed E-state index contributed by atoms with van der Waals surface area (Å²) in [6.07, 6.45) is 0.295. The second-order valence-electron chi connectivity index (χ2n) is 5.33. The molecule has 0 N–H and O–H groups in total. The fourth-order valence-electron chi connectivity index (χ4n) is 2.90. The van der Waals surface area contributed by atoms with Crippen LogP contribution in [-0.4, -0.2) is 35.1 Å². The number of esters is 2. The number of ether oxygens (including phenoxy) is 2. The van der Waals surface area contributed by atoms with Crippen LogP contribution in [0.25, 0.3) is 11.0 Å². The van der Waals surface area contributed by atoms with Gasteiger partial charge in [0.05, 0.1) is 35.6 Å². The molecule has 0 unspecified atom stereocenters. The van der Waals surface area contributed by atoms with Gasteiger partial charge in [-0.25, -0.2) is 9.97 Å². The Morgan fingerprint density at radius 2 is 1.39 bits per heavy atom. The maximum absolute atomic E-state index is 12.2. The summed E-state index contributed by atoms with van der Waals surface area (Å²) >= 11 is 0. The minimum atomic E-state index is -0.573. The summed E-state index contributed by atoms with van der Waals surface area (Å²) in [6, 6.07) is 7.39. The summed E-state index contributed by atoms with van der Waals surface area (Å²) in [6.45, 7) is 4.08. The van der Waals surface area contributed by atoms with Crippen LogP contribution in [0.1, 0.15) is 43.5 Å². The minimum absolute atomic E-state index is 0.287. The van der Waals surface area contributed by atoms with Crippen LogP contribution in [0.4, 0.5) is 0 Å². The molecule has 2 aromatic rings. The number of benzene rings is 1. The molecule has 2 atom stereocenters. The highest BCUT2D eigenvalue weighted by Gasteiger charge is 2.43. The Morgan fingerprint density at radius 3 is 1.78 bits per heavy atom. The lowest BCUT2D eigenvalue weighted by Crippen LogP contribution is -2.17. The van der Waals surface area contributed by atoms with E-state index in [4.69, 9.17) is 9.47 Å². The van der Waals surface area contributed by atoms with E-state index < -0.39 is 11.8 Å². The van der Waals surface area contributed by atoms with Crippen LogP contribution in [0.3, 0.4) is 0 Å². The molecule has 1 heterocycles. The Balaban J connectivity index is 2.08. The average molecular weight is 314 g/mol. The van der Waals surface area contributed by atoms with Gasteiger partial charge in [-0.1, -0.05) is 12.1 Å². The summed E-state index contributed by atoms with van der Waals surface area (Å²) in [5.41, 5.74) is 2.45. The highest BCUT2D eigenvalue weighted by atomic mass is 16.5. The number of aromatic nitrogens is 2.